The molecule has 2 rings (SSSR count). The summed E-state index contributed by atoms with van der Waals surface area (Å²) in [4.78, 5) is 11.9. The molecule has 0 saturated carbocycles. The van der Waals surface area contributed by atoms with Crippen molar-refractivity contribution < 1.29 is 9.18 Å². The SMILES string of the molecule is CC(C)CCNc1ccc(NC(=O)c2ccc(F)cc2)nn1. The smallest absolute Gasteiger partial charge is 0.256 e. The van der Waals surface area contributed by atoms with Crippen molar-refractivity contribution >= 4 is 17.5 Å². The third-order valence-electron chi connectivity index (χ3n) is 3.04. The minimum Gasteiger partial charge on any atom is -0.369 e. The highest BCUT2D eigenvalue weighted by Crippen LogP contribution is 2.10. The molecule has 0 aliphatic carbocycles. The first-order valence-electron chi connectivity index (χ1n) is 7.19. The van der Waals surface area contributed by atoms with Crippen LogP contribution in [0, 0.1) is 11.7 Å². The van der Waals surface area contributed by atoms with Crippen molar-refractivity contribution in [3.8, 4) is 0 Å². The van der Waals surface area contributed by atoms with Gasteiger partial charge in [0.1, 0.15) is 11.6 Å². The molecule has 0 aliphatic heterocycles. The van der Waals surface area contributed by atoms with E-state index in [1.807, 2.05) is 0 Å². The van der Waals surface area contributed by atoms with Crippen molar-refractivity contribution in [3.63, 3.8) is 0 Å². The van der Waals surface area contributed by atoms with Crippen LogP contribution in [0.5, 0.6) is 0 Å². The van der Waals surface area contributed by atoms with Gasteiger partial charge in [-0.15, -0.1) is 10.2 Å². The van der Waals surface area contributed by atoms with Crippen LogP contribution >= 0.6 is 0 Å². The molecule has 0 unspecified atom stereocenters. The van der Waals surface area contributed by atoms with Gasteiger partial charge in [0.05, 0.1) is 0 Å². The second-order valence-corrected chi connectivity index (χ2v) is 5.37. The molecular weight excluding hydrogens is 283 g/mol. The van der Waals surface area contributed by atoms with E-state index in [1.54, 1.807) is 12.1 Å². The molecule has 5 nitrogen and oxygen atoms in total. The molecule has 0 fully saturated rings. The highest BCUT2D eigenvalue weighted by atomic mass is 19.1. The molecule has 6 heteroatoms. The van der Waals surface area contributed by atoms with Crippen molar-refractivity contribution in [1.29, 1.82) is 0 Å². The van der Waals surface area contributed by atoms with Gasteiger partial charge in [-0.25, -0.2) is 4.39 Å². The van der Waals surface area contributed by atoms with Crippen LogP contribution in [0.2, 0.25) is 0 Å². The van der Waals surface area contributed by atoms with E-state index >= 15 is 0 Å². The summed E-state index contributed by atoms with van der Waals surface area (Å²) < 4.78 is 12.8. The average Bonchev–Trinajstić information content (AvgIpc) is 2.49. The quantitative estimate of drug-likeness (QED) is 0.859. The first-order valence-corrected chi connectivity index (χ1v) is 7.19. The van der Waals surface area contributed by atoms with Crippen molar-refractivity contribution in [1.82, 2.24) is 10.2 Å². The molecule has 2 N–H and O–H groups in total. The van der Waals surface area contributed by atoms with Gasteiger partial charge in [0.25, 0.3) is 5.91 Å². The van der Waals surface area contributed by atoms with Gasteiger partial charge in [-0.1, -0.05) is 13.8 Å². The molecular formula is C16H19FN4O. The zero-order valence-electron chi connectivity index (χ0n) is 12.6. The number of rotatable bonds is 6. The van der Waals surface area contributed by atoms with Crippen molar-refractivity contribution in [2.75, 3.05) is 17.2 Å². The number of carbonyl (C=O) groups excluding carboxylic acids is 1. The minimum absolute atomic E-state index is 0.351. The standard InChI is InChI=1S/C16H19FN4O/c1-11(2)9-10-18-14-7-8-15(21-20-14)19-16(22)12-3-5-13(17)6-4-12/h3-8,11H,9-10H2,1-2H3,(H,18,20)(H,19,21,22). The Hall–Kier alpha value is -2.50. The van der Waals surface area contributed by atoms with Crippen LogP contribution in [0.3, 0.4) is 0 Å². The monoisotopic (exact) mass is 302 g/mol. The third-order valence-corrected chi connectivity index (χ3v) is 3.04. The van der Waals surface area contributed by atoms with Gasteiger partial charge in [0.15, 0.2) is 5.82 Å². The molecule has 1 aromatic heterocycles. The topological polar surface area (TPSA) is 66.9 Å². The molecule has 1 amide bonds. The maximum Gasteiger partial charge on any atom is 0.256 e. The number of nitrogens with zero attached hydrogens (tertiary/aromatic N) is 2. The van der Waals surface area contributed by atoms with Crippen LogP contribution in [0.15, 0.2) is 36.4 Å². The minimum atomic E-state index is -0.381. The molecule has 2 aromatic rings. The Morgan fingerprint density at radius 1 is 1.09 bits per heavy atom. The number of amides is 1. The van der Waals surface area contributed by atoms with E-state index in [0.29, 0.717) is 23.1 Å². The molecule has 1 heterocycles. The van der Waals surface area contributed by atoms with E-state index in [4.69, 9.17) is 0 Å². The summed E-state index contributed by atoms with van der Waals surface area (Å²) in [5, 5.41) is 13.7. The molecule has 0 radical (unpaired) electrons. The lowest BCUT2D eigenvalue weighted by Gasteiger charge is -2.08. The van der Waals surface area contributed by atoms with E-state index in [0.717, 1.165) is 13.0 Å². The molecule has 116 valence electrons. The highest BCUT2D eigenvalue weighted by molar-refractivity contribution is 6.03. The third kappa shape index (κ3) is 4.80. The number of carbonyl (C=O) groups is 1. The number of anilines is 2. The number of nitrogens with one attached hydrogen (secondary N) is 2. The van der Waals surface area contributed by atoms with Crippen LogP contribution in [-0.2, 0) is 0 Å². The molecule has 0 bridgehead atoms. The molecule has 0 spiro atoms. The second-order valence-electron chi connectivity index (χ2n) is 5.37. The Labute approximate surface area is 129 Å². The van der Waals surface area contributed by atoms with E-state index in [1.165, 1.54) is 24.3 Å². The number of benzene rings is 1. The summed E-state index contributed by atoms with van der Waals surface area (Å²) in [6, 6.07) is 8.74. The van der Waals surface area contributed by atoms with E-state index in [9.17, 15) is 9.18 Å². The maximum atomic E-state index is 12.8. The summed E-state index contributed by atoms with van der Waals surface area (Å²) >= 11 is 0. The lowest BCUT2D eigenvalue weighted by Crippen LogP contribution is -2.14. The van der Waals surface area contributed by atoms with Gasteiger partial charge in [0, 0.05) is 12.1 Å². The van der Waals surface area contributed by atoms with Gasteiger partial charge in [0.2, 0.25) is 0 Å². The van der Waals surface area contributed by atoms with E-state index in [2.05, 4.69) is 34.7 Å². The summed E-state index contributed by atoms with van der Waals surface area (Å²) in [6.45, 7) is 5.14. The van der Waals surface area contributed by atoms with Gasteiger partial charge in [-0.3, -0.25) is 4.79 Å². The van der Waals surface area contributed by atoms with Crippen LogP contribution in [0.4, 0.5) is 16.0 Å². The largest absolute Gasteiger partial charge is 0.369 e. The second kappa shape index (κ2) is 7.49. The van der Waals surface area contributed by atoms with Gasteiger partial charge >= 0.3 is 0 Å². The van der Waals surface area contributed by atoms with Gasteiger partial charge < -0.3 is 10.6 Å². The lowest BCUT2D eigenvalue weighted by atomic mass is 10.1. The normalized spacial score (nSPS) is 10.5. The van der Waals surface area contributed by atoms with E-state index < -0.39 is 0 Å². The molecule has 0 atom stereocenters. The van der Waals surface area contributed by atoms with E-state index in [-0.39, 0.29) is 11.7 Å². The highest BCUT2D eigenvalue weighted by Gasteiger charge is 2.07. The Kier molecular flexibility index (Phi) is 5.41. The van der Waals surface area contributed by atoms with Crippen LogP contribution in [0.25, 0.3) is 0 Å². The van der Waals surface area contributed by atoms with Gasteiger partial charge in [-0.05, 0) is 48.7 Å². The fourth-order valence-electron chi connectivity index (χ4n) is 1.77. The summed E-state index contributed by atoms with van der Waals surface area (Å²) in [5.41, 5.74) is 0.363. The number of hydrogen-bond donors (Lipinski definition) is 2. The fourth-order valence-corrected chi connectivity index (χ4v) is 1.77. The Bertz CT molecular complexity index is 611. The fraction of sp³-hybridized carbons (Fsp3) is 0.312. The van der Waals surface area contributed by atoms with Crippen LogP contribution < -0.4 is 10.6 Å². The number of aromatic nitrogens is 2. The number of hydrogen-bond acceptors (Lipinski definition) is 4. The zero-order chi connectivity index (χ0) is 15.9. The Balaban J connectivity index is 1.90. The summed E-state index contributed by atoms with van der Waals surface area (Å²) in [5.74, 6) is 0.905. The lowest BCUT2D eigenvalue weighted by molar-refractivity contribution is 0.102. The summed E-state index contributed by atoms with van der Waals surface area (Å²) in [7, 11) is 0. The van der Waals surface area contributed by atoms with Crippen molar-refractivity contribution in [2.24, 2.45) is 5.92 Å². The Morgan fingerprint density at radius 2 is 1.73 bits per heavy atom. The average molecular weight is 302 g/mol. The molecule has 0 aliphatic rings. The van der Waals surface area contributed by atoms with Gasteiger partial charge in [-0.2, -0.15) is 0 Å². The molecule has 0 saturated heterocycles. The maximum absolute atomic E-state index is 12.8. The first kappa shape index (κ1) is 15.9. The van der Waals surface area contributed by atoms with Crippen LogP contribution in [-0.4, -0.2) is 22.6 Å². The molecule has 22 heavy (non-hydrogen) atoms. The predicted octanol–water partition coefficient (Wildman–Crippen LogP) is 3.33. The summed E-state index contributed by atoms with van der Waals surface area (Å²) in [6.07, 6.45) is 1.05. The predicted molar refractivity (Wildman–Crippen MR) is 84.3 cm³/mol. The van der Waals surface area contributed by atoms with Crippen LogP contribution in [0.1, 0.15) is 30.6 Å². The number of halogens is 1. The first-order chi connectivity index (χ1) is 10.5. The molecule has 1 aromatic carbocycles. The van der Waals surface area contributed by atoms with Crippen molar-refractivity contribution in [3.05, 3.63) is 47.8 Å². The van der Waals surface area contributed by atoms with Crippen molar-refractivity contribution in [2.45, 2.75) is 20.3 Å². The Morgan fingerprint density at radius 3 is 2.32 bits per heavy atom. The zero-order valence-corrected chi connectivity index (χ0v) is 12.6.